The molecule has 0 radical (unpaired) electrons. The number of likely N-dealkylation sites (tertiary alicyclic amines) is 1. The van der Waals surface area contributed by atoms with Crippen LogP contribution in [0.2, 0.25) is 0 Å². The lowest BCUT2D eigenvalue weighted by molar-refractivity contribution is -0.153. The topological polar surface area (TPSA) is 42.0 Å². The Hall–Kier alpha value is -1.43. The number of aryl methyl sites for hydroxylation is 1. The van der Waals surface area contributed by atoms with Crippen molar-refractivity contribution in [1.82, 2.24) is 9.80 Å². The third kappa shape index (κ3) is 3.34. The van der Waals surface area contributed by atoms with Crippen molar-refractivity contribution in [2.75, 3.05) is 39.5 Å². The molecule has 3 aliphatic rings. The standard InChI is InChI=1S/C19H26N2O3/c1-14-3-2-4-15(7-14)9-21-17-10-20(8-16-5-6-23-12-16)11-18(17)24-13-19(21)22/h2-4,7,16-18H,5-6,8-13H2,1H3/t16?,17-,18-/m1/s1. The lowest BCUT2D eigenvalue weighted by Gasteiger charge is -2.37. The van der Waals surface area contributed by atoms with E-state index in [9.17, 15) is 4.79 Å². The number of morpholine rings is 1. The van der Waals surface area contributed by atoms with E-state index in [1.54, 1.807) is 0 Å². The Morgan fingerprint density at radius 2 is 2.21 bits per heavy atom. The maximum absolute atomic E-state index is 12.4. The summed E-state index contributed by atoms with van der Waals surface area (Å²) in [4.78, 5) is 16.9. The minimum atomic E-state index is 0.115. The number of ether oxygens (including phenoxy) is 2. The molecule has 5 heteroatoms. The maximum Gasteiger partial charge on any atom is 0.249 e. The molecule has 3 fully saturated rings. The number of fused-ring (bicyclic) bond motifs is 1. The van der Waals surface area contributed by atoms with Gasteiger partial charge in [-0.15, -0.1) is 0 Å². The molecule has 1 aromatic rings. The number of carbonyl (C=O) groups is 1. The Labute approximate surface area is 143 Å². The minimum absolute atomic E-state index is 0.115. The van der Waals surface area contributed by atoms with Crippen molar-refractivity contribution >= 4 is 5.91 Å². The summed E-state index contributed by atoms with van der Waals surface area (Å²) in [6, 6.07) is 8.60. The summed E-state index contributed by atoms with van der Waals surface area (Å²) in [6.07, 6.45) is 1.30. The smallest absolute Gasteiger partial charge is 0.249 e. The van der Waals surface area contributed by atoms with Crippen LogP contribution in [0.1, 0.15) is 17.5 Å². The van der Waals surface area contributed by atoms with Crippen molar-refractivity contribution in [3.05, 3.63) is 35.4 Å². The number of rotatable bonds is 4. The highest BCUT2D eigenvalue weighted by molar-refractivity contribution is 5.78. The van der Waals surface area contributed by atoms with E-state index in [0.29, 0.717) is 12.5 Å². The van der Waals surface area contributed by atoms with Gasteiger partial charge in [0.15, 0.2) is 0 Å². The Kier molecular flexibility index (Phi) is 4.57. The van der Waals surface area contributed by atoms with Crippen LogP contribution < -0.4 is 0 Å². The van der Waals surface area contributed by atoms with Crippen LogP contribution in [-0.4, -0.2) is 67.3 Å². The first kappa shape index (κ1) is 16.1. The van der Waals surface area contributed by atoms with E-state index in [1.165, 1.54) is 11.1 Å². The highest BCUT2D eigenvalue weighted by Gasteiger charge is 2.43. The zero-order valence-electron chi connectivity index (χ0n) is 14.3. The van der Waals surface area contributed by atoms with Gasteiger partial charge < -0.3 is 14.4 Å². The summed E-state index contributed by atoms with van der Waals surface area (Å²) in [6.45, 7) is 7.66. The van der Waals surface area contributed by atoms with Crippen molar-refractivity contribution in [2.45, 2.75) is 32.0 Å². The molecule has 0 spiro atoms. The average molecular weight is 330 g/mol. The summed E-state index contributed by atoms with van der Waals surface area (Å²) in [5.74, 6) is 0.745. The normalized spacial score (nSPS) is 30.8. The highest BCUT2D eigenvalue weighted by Crippen LogP contribution is 2.27. The summed E-state index contributed by atoms with van der Waals surface area (Å²) in [7, 11) is 0. The van der Waals surface area contributed by atoms with Gasteiger partial charge in [-0.05, 0) is 24.8 Å². The van der Waals surface area contributed by atoms with Gasteiger partial charge in [-0.3, -0.25) is 9.69 Å². The first-order valence-corrected chi connectivity index (χ1v) is 8.96. The SMILES string of the molecule is Cc1cccc(CN2C(=O)CO[C@@H]3CN(CC4CCOC4)C[C@H]32)c1. The zero-order chi connectivity index (χ0) is 16.5. The third-order valence-electron chi connectivity index (χ3n) is 5.43. The second kappa shape index (κ2) is 6.82. The molecule has 4 rings (SSSR count). The molecule has 3 aliphatic heterocycles. The van der Waals surface area contributed by atoms with Crippen LogP contribution in [0.5, 0.6) is 0 Å². The molecule has 0 saturated carbocycles. The molecule has 3 atom stereocenters. The van der Waals surface area contributed by atoms with E-state index in [0.717, 1.165) is 39.3 Å². The Morgan fingerprint density at radius 1 is 1.29 bits per heavy atom. The summed E-state index contributed by atoms with van der Waals surface area (Å²) < 4.78 is 11.3. The van der Waals surface area contributed by atoms with Crippen LogP contribution in [-0.2, 0) is 20.8 Å². The first-order chi connectivity index (χ1) is 11.7. The first-order valence-electron chi connectivity index (χ1n) is 8.96. The van der Waals surface area contributed by atoms with E-state index in [2.05, 4.69) is 36.1 Å². The molecule has 5 nitrogen and oxygen atoms in total. The van der Waals surface area contributed by atoms with Crippen molar-refractivity contribution < 1.29 is 14.3 Å². The van der Waals surface area contributed by atoms with Crippen LogP contribution in [0.25, 0.3) is 0 Å². The number of amides is 1. The van der Waals surface area contributed by atoms with E-state index >= 15 is 0 Å². The van der Waals surface area contributed by atoms with Gasteiger partial charge in [0, 0.05) is 32.8 Å². The fourth-order valence-electron chi connectivity index (χ4n) is 4.20. The average Bonchev–Trinajstić information content (AvgIpc) is 3.20. The van der Waals surface area contributed by atoms with Crippen molar-refractivity contribution in [1.29, 1.82) is 0 Å². The van der Waals surface area contributed by atoms with Gasteiger partial charge in [-0.2, -0.15) is 0 Å². The lowest BCUT2D eigenvalue weighted by atomic mass is 10.1. The molecule has 0 N–H and O–H groups in total. The second-order valence-corrected chi connectivity index (χ2v) is 7.38. The lowest BCUT2D eigenvalue weighted by Crippen LogP contribution is -2.53. The monoisotopic (exact) mass is 330 g/mol. The van der Waals surface area contributed by atoms with Gasteiger partial charge in [-0.25, -0.2) is 0 Å². The van der Waals surface area contributed by atoms with Crippen LogP contribution >= 0.6 is 0 Å². The zero-order valence-corrected chi connectivity index (χ0v) is 14.3. The molecule has 1 amide bonds. The van der Waals surface area contributed by atoms with Crippen molar-refractivity contribution in [3.63, 3.8) is 0 Å². The molecule has 3 saturated heterocycles. The van der Waals surface area contributed by atoms with E-state index in [1.807, 2.05) is 4.90 Å². The summed E-state index contributed by atoms with van der Waals surface area (Å²) >= 11 is 0. The predicted molar refractivity (Wildman–Crippen MR) is 90.6 cm³/mol. The Bertz CT molecular complexity index is 600. The predicted octanol–water partition coefficient (Wildman–Crippen LogP) is 1.44. The van der Waals surface area contributed by atoms with Crippen molar-refractivity contribution in [3.8, 4) is 0 Å². The quantitative estimate of drug-likeness (QED) is 0.838. The van der Waals surface area contributed by atoms with E-state index in [4.69, 9.17) is 9.47 Å². The van der Waals surface area contributed by atoms with Crippen LogP contribution in [0, 0.1) is 12.8 Å². The summed E-state index contributed by atoms with van der Waals surface area (Å²) in [5.41, 5.74) is 2.44. The van der Waals surface area contributed by atoms with Gasteiger partial charge in [0.1, 0.15) is 6.61 Å². The largest absolute Gasteiger partial charge is 0.381 e. The third-order valence-corrected chi connectivity index (χ3v) is 5.43. The van der Waals surface area contributed by atoms with Gasteiger partial charge >= 0.3 is 0 Å². The van der Waals surface area contributed by atoms with E-state index < -0.39 is 0 Å². The van der Waals surface area contributed by atoms with Crippen LogP contribution in [0.3, 0.4) is 0 Å². The number of hydrogen-bond acceptors (Lipinski definition) is 4. The number of hydrogen-bond donors (Lipinski definition) is 0. The molecule has 3 heterocycles. The van der Waals surface area contributed by atoms with Crippen molar-refractivity contribution in [2.24, 2.45) is 5.92 Å². The maximum atomic E-state index is 12.4. The number of carbonyl (C=O) groups excluding carboxylic acids is 1. The number of nitrogens with zero attached hydrogens (tertiary/aromatic N) is 2. The molecule has 0 bridgehead atoms. The number of benzene rings is 1. The minimum Gasteiger partial charge on any atom is -0.381 e. The molecule has 1 aromatic carbocycles. The van der Waals surface area contributed by atoms with Gasteiger partial charge in [0.05, 0.1) is 18.8 Å². The van der Waals surface area contributed by atoms with Gasteiger partial charge in [0.25, 0.3) is 0 Å². The highest BCUT2D eigenvalue weighted by atomic mass is 16.5. The van der Waals surface area contributed by atoms with Crippen LogP contribution in [0.15, 0.2) is 24.3 Å². The fourth-order valence-corrected chi connectivity index (χ4v) is 4.20. The Balaban J connectivity index is 1.44. The summed E-state index contributed by atoms with van der Waals surface area (Å²) in [5, 5.41) is 0. The molecule has 1 unspecified atom stereocenters. The fraction of sp³-hybridized carbons (Fsp3) is 0.632. The van der Waals surface area contributed by atoms with Gasteiger partial charge in [-0.1, -0.05) is 29.8 Å². The van der Waals surface area contributed by atoms with Gasteiger partial charge in [0.2, 0.25) is 5.91 Å². The Morgan fingerprint density at radius 3 is 3.00 bits per heavy atom. The molecule has 0 aliphatic carbocycles. The molecule has 24 heavy (non-hydrogen) atoms. The molecule has 0 aromatic heterocycles. The molecule has 130 valence electrons. The molecular weight excluding hydrogens is 304 g/mol. The second-order valence-electron chi connectivity index (χ2n) is 7.38. The molecular formula is C19H26N2O3. The van der Waals surface area contributed by atoms with Crippen LogP contribution in [0.4, 0.5) is 0 Å². The van der Waals surface area contributed by atoms with E-state index in [-0.39, 0.29) is 24.7 Å².